The average molecular weight is 437 g/mol. The quantitative estimate of drug-likeness (QED) is 0.570. The van der Waals surface area contributed by atoms with E-state index in [1.165, 1.54) is 23.2 Å². The smallest absolute Gasteiger partial charge is 0.193 e. The molecule has 2 atom stereocenters. The molecule has 2 aromatic carbocycles. The standard InChI is InChI=1S/C26H36N4O2/c1-20-9-11-21(12-10-20)25-22(6-5-17-32-25)19-28-26(27-2)30-15-13-29(14-16-30)23-7-4-8-24(18-23)31-3/h4,7-12,18,22,25H,5-6,13-17,19H2,1-3H3,(H,27,28). The van der Waals surface area contributed by atoms with E-state index in [1.54, 1.807) is 7.11 Å². The lowest BCUT2D eigenvalue weighted by atomic mass is 9.89. The van der Waals surface area contributed by atoms with E-state index in [1.807, 2.05) is 13.1 Å². The molecule has 2 aliphatic rings. The van der Waals surface area contributed by atoms with E-state index in [9.17, 15) is 0 Å². The number of methoxy groups -OCH3 is 1. The lowest BCUT2D eigenvalue weighted by Gasteiger charge is -2.39. The van der Waals surface area contributed by atoms with Gasteiger partial charge in [-0.1, -0.05) is 35.9 Å². The van der Waals surface area contributed by atoms with Crippen LogP contribution in [0, 0.1) is 12.8 Å². The van der Waals surface area contributed by atoms with Crippen LogP contribution in [-0.2, 0) is 4.74 Å². The van der Waals surface area contributed by atoms with Crippen LogP contribution in [0.4, 0.5) is 5.69 Å². The van der Waals surface area contributed by atoms with Gasteiger partial charge in [-0.05, 0) is 37.5 Å². The minimum absolute atomic E-state index is 0.153. The highest BCUT2D eigenvalue weighted by Crippen LogP contribution is 2.33. The van der Waals surface area contributed by atoms with Gasteiger partial charge < -0.3 is 24.6 Å². The van der Waals surface area contributed by atoms with Crippen LogP contribution < -0.4 is 15.0 Å². The van der Waals surface area contributed by atoms with Crippen LogP contribution in [0.15, 0.2) is 53.5 Å². The second-order valence-electron chi connectivity index (χ2n) is 8.71. The van der Waals surface area contributed by atoms with E-state index in [-0.39, 0.29) is 6.10 Å². The number of anilines is 1. The van der Waals surface area contributed by atoms with Gasteiger partial charge in [-0.15, -0.1) is 0 Å². The Kier molecular flexibility index (Phi) is 7.53. The number of ether oxygens (including phenoxy) is 2. The van der Waals surface area contributed by atoms with Crippen molar-refractivity contribution in [2.45, 2.75) is 25.9 Å². The highest BCUT2D eigenvalue weighted by atomic mass is 16.5. The number of aliphatic imine (C=N–C) groups is 1. The van der Waals surface area contributed by atoms with Crippen molar-refractivity contribution in [1.82, 2.24) is 10.2 Å². The van der Waals surface area contributed by atoms with Crippen LogP contribution >= 0.6 is 0 Å². The number of nitrogens with one attached hydrogen (secondary N) is 1. The van der Waals surface area contributed by atoms with Crippen molar-refractivity contribution in [2.24, 2.45) is 10.9 Å². The molecule has 0 bridgehead atoms. The van der Waals surface area contributed by atoms with Crippen LogP contribution in [0.2, 0.25) is 0 Å². The third-order valence-electron chi connectivity index (χ3n) is 6.58. The molecular weight excluding hydrogens is 400 g/mol. The van der Waals surface area contributed by atoms with Gasteiger partial charge in [0.15, 0.2) is 5.96 Å². The van der Waals surface area contributed by atoms with Gasteiger partial charge in [0.2, 0.25) is 0 Å². The largest absolute Gasteiger partial charge is 0.497 e. The van der Waals surface area contributed by atoms with Crippen molar-refractivity contribution < 1.29 is 9.47 Å². The normalized spacial score (nSPS) is 22.0. The molecule has 2 unspecified atom stereocenters. The van der Waals surface area contributed by atoms with Crippen molar-refractivity contribution in [1.29, 1.82) is 0 Å². The maximum atomic E-state index is 6.20. The summed E-state index contributed by atoms with van der Waals surface area (Å²) in [4.78, 5) is 9.36. The number of rotatable bonds is 5. The lowest BCUT2D eigenvalue weighted by Crippen LogP contribution is -2.53. The molecule has 2 saturated heterocycles. The Morgan fingerprint density at radius 2 is 1.91 bits per heavy atom. The maximum Gasteiger partial charge on any atom is 0.193 e. The summed E-state index contributed by atoms with van der Waals surface area (Å²) in [5.74, 6) is 2.34. The third kappa shape index (κ3) is 5.36. The zero-order chi connectivity index (χ0) is 22.3. The highest BCUT2D eigenvalue weighted by Gasteiger charge is 2.28. The first-order chi connectivity index (χ1) is 15.7. The molecule has 4 rings (SSSR count). The number of benzene rings is 2. The predicted molar refractivity (Wildman–Crippen MR) is 131 cm³/mol. The maximum absolute atomic E-state index is 6.20. The number of hydrogen-bond donors (Lipinski definition) is 1. The Bertz CT molecular complexity index is 891. The van der Waals surface area contributed by atoms with Gasteiger partial charge in [-0.25, -0.2) is 0 Å². The summed E-state index contributed by atoms with van der Waals surface area (Å²) < 4.78 is 11.6. The van der Waals surface area contributed by atoms with Gasteiger partial charge in [0, 0.05) is 64.0 Å². The molecule has 6 heteroatoms. The lowest BCUT2D eigenvalue weighted by molar-refractivity contribution is -0.0266. The number of nitrogens with zero attached hydrogens (tertiary/aromatic N) is 3. The van der Waals surface area contributed by atoms with Crippen molar-refractivity contribution in [3.63, 3.8) is 0 Å². The summed E-state index contributed by atoms with van der Waals surface area (Å²) in [6.45, 7) is 7.66. The molecule has 2 heterocycles. The topological polar surface area (TPSA) is 49.3 Å². The van der Waals surface area contributed by atoms with Crippen LogP contribution in [0.25, 0.3) is 0 Å². The minimum atomic E-state index is 0.153. The molecule has 6 nitrogen and oxygen atoms in total. The van der Waals surface area contributed by atoms with Crippen LogP contribution in [0.1, 0.15) is 30.1 Å². The number of guanidine groups is 1. The SMILES string of the molecule is CN=C(NCC1CCCOC1c1ccc(C)cc1)N1CCN(c2cccc(OC)c2)CC1. The van der Waals surface area contributed by atoms with Gasteiger partial charge in [0.05, 0.1) is 13.2 Å². The fourth-order valence-electron chi connectivity index (χ4n) is 4.72. The molecule has 172 valence electrons. The average Bonchev–Trinajstić information content (AvgIpc) is 2.85. The van der Waals surface area contributed by atoms with E-state index >= 15 is 0 Å². The molecule has 2 aliphatic heterocycles. The summed E-state index contributed by atoms with van der Waals surface area (Å²) in [5.41, 5.74) is 3.78. The van der Waals surface area contributed by atoms with Crippen LogP contribution in [0.3, 0.4) is 0 Å². The molecular formula is C26H36N4O2. The number of hydrogen-bond acceptors (Lipinski definition) is 4. The molecule has 0 aromatic heterocycles. The Hall–Kier alpha value is -2.73. The molecule has 2 fully saturated rings. The Labute approximate surface area is 192 Å². The van der Waals surface area contributed by atoms with Gasteiger partial charge in [-0.3, -0.25) is 4.99 Å². The zero-order valence-electron chi connectivity index (χ0n) is 19.6. The fourth-order valence-corrected chi connectivity index (χ4v) is 4.72. The highest BCUT2D eigenvalue weighted by molar-refractivity contribution is 5.80. The van der Waals surface area contributed by atoms with Gasteiger partial charge in [0.25, 0.3) is 0 Å². The summed E-state index contributed by atoms with van der Waals surface area (Å²) in [7, 11) is 3.60. The van der Waals surface area contributed by atoms with E-state index in [2.05, 4.69) is 69.5 Å². The van der Waals surface area contributed by atoms with Crippen LogP contribution in [-0.4, -0.2) is 64.3 Å². The molecule has 0 spiro atoms. The van der Waals surface area contributed by atoms with Gasteiger partial charge >= 0.3 is 0 Å². The van der Waals surface area contributed by atoms with Crippen molar-refractivity contribution in [3.8, 4) is 5.75 Å². The van der Waals surface area contributed by atoms with E-state index < -0.39 is 0 Å². The van der Waals surface area contributed by atoms with E-state index in [0.29, 0.717) is 5.92 Å². The van der Waals surface area contributed by atoms with Crippen LogP contribution in [0.5, 0.6) is 5.75 Å². The van der Waals surface area contributed by atoms with E-state index in [4.69, 9.17) is 9.47 Å². The van der Waals surface area contributed by atoms with Crippen molar-refractivity contribution in [3.05, 3.63) is 59.7 Å². The first-order valence-corrected chi connectivity index (χ1v) is 11.7. The van der Waals surface area contributed by atoms with Crippen molar-refractivity contribution >= 4 is 11.6 Å². The number of piperazine rings is 1. The molecule has 0 amide bonds. The summed E-state index contributed by atoms with van der Waals surface area (Å²) in [6.07, 6.45) is 2.44. The van der Waals surface area contributed by atoms with Crippen molar-refractivity contribution in [2.75, 3.05) is 58.4 Å². The monoisotopic (exact) mass is 436 g/mol. The Morgan fingerprint density at radius 3 is 2.62 bits per heavy atom. The second-order valence-corrected chi connectivity index (χ2v) is 8.71. The predicted octanol–water partition coefficient (Wildman–Crippen LogP) is 3.87. The van der Waals surface area contributed by atoms with Gasteiger partial charge in [-0.2, -0.15) is 0 Å². The number of aryl methyl sites for hydroxylation is 1. The molecule has 2 aromatic rings. The summed E-state index contributed by atoms with van der Waals surface area (Å²) in [6, 6.07) is 17.1. The van der Waals surface area contributed by atoms with Gasteiger partial charge in [0.1, 0.15) is 5.75 Å². The first-order valence-electron chi connectivity index (χ1n) is 11.7. The molecule has 1 N–H and O–H groups in total. The summed E-state index contributed by atoms with van der Waals surface area (Å²) in [5, 5.41) is 3.65. The molecule has 32 heavy (non-hydrogen) atoms. The third-order valence-corrected chi connectivity index (χ3v) is 6.58. The second kappa shape index (κ2) is 10.7. The van der Waals surface area contributed by atoms with E-state index in [0.717, 1.165) is 57.5 Å². The zero-order valence-corrected chi connectivity index (χ0v) is 19.6. The molecule has 0 aliphatic carbocycles. The minimum Gasteiger partial charge on any atom is -0.497 e. The molecule has 0 saturated carbocycles. The fraction of sp³-hybridized carbons (Fsp3) is 0.500. The Balaban J connectivity index is 1.33. The summed E-state index contributed by atoms with van der Waals surface area (Å²) >= 11 is 0. The first kappa shape index (κ1) is 22.5. The Morgan fingerprint density at radius 1 is 1.12 bits per heavy atom. The molecule has 0 radical (unpaired) electrons.